The fraction of sp³-hybridized carbons (Fsp3) is 0.333. The molecule has 2 amide bonds. The molecule has 0 spiro atoms. The Hall–Kier alpha value is -3.39. The lowest BCUT2D eigenvalue weighted by molar-refractivity contribution is -0.141. The molecule has 2 aromatic carbocycles. The van der Waals surface area contributed by atoms with Crippen LogP contribution in [0.3, 0.4) is 0 Å². The number of benzene rings is 2. The molecule has 35 heavy (non-hydrogen) atoms. The molecule has 2 aliphatic rings. The lowest BCUT2D eigenvalue weighted by atomic mass is 10.0. The second-order valence-electron chi connectivity index (χ2n) is 8.88. The fourth-order valence-electron chi connectivity index (χ4n) is 4.72. The second-order valence-corrected chi connectivity index (χ2v) is 9.91. The number of halogens is 1. The zero-order chi connectivity index (χ0) is 24.2. The first-order valence-corrected chi connectivity index (χ1v) is 12.7. The molecule has 0 bridgehead atoms. The van der Waals surface area contributed by atoms with Gasteiger partial charge in [-0.3, -0.25) is 9.59 Å². The van der Waals surface area contributed by atoms with Crippen LogP contribution in [-0.2, 0) is 22.6 Å². The van der Waals surface area contributed by atoms with E-state index in [1.54, 1.807) is 30.3 Å². The van der Waals surface area contributed by atoms with Crippen LogP contribution >= 0.6 is 11.3 Å². The summed E-state index contributed by atoms with van der Waals surface area (Å²) in [5.74, 6) is 0.0988. The van der Waals surface area contributed by atoms with Crippen LogP contribution in [-0.4, -0.2) is 29.5 Å². The van der Waals surface area contributed by atoms with Gasteiger partial charge in [-0.2, -0.15) is 0 Å². The largest absolute Gasteiger partial charge is 0.454 e. The van der Waals surface area contributed by atoms with Crippen molar-refractivity contribution in [2.75, 3.05) is 6.79 Å². The van der Waals surface area contributed by atoms with E-state index >= 15 is 4.39 Å². The average molecular weight is 495 g/mol. The summed E-state index contributed by atoms with van der Waals surface area (Å²) in [5, 5.41) is 4.99. The monoisotopic (exact) mass is 494 g/mol. The molecule has 6 nitrogen and oxygen atoms in total. The van der Waals surface area contributed by atoms with Crippen molar-refractivity contribution in [1.82, 2.24) is 10.2 Å². The molecule has 1 aromatic heterocycles. The molecule has 1 saturated carbocycles. The van der Waals surface area contributed by atoms with E-state index in [0.29, 0.717) is 11.5 Å². The molecule has 0 unspecified atom stereocenters. The topological polar surface area (TPSA) is 67.9 Å². The van der Waals surface area contributed by atoms with Crippen LogP contribution in [0.15, 0.2) is 60.0 Å². The fourth-order valence-corrected chi connectivity index (χ4v) is 5.42. The number of ether oxygens (including phenoxy) is 2. The van der Waals surface area contributed by atoms with Crippen molar-refractivity contribution in [2.24, 2.45) is 0 Å². The van der Waals surface area contributed by atoms with Crippen molar-refractivity contribution in [3.63, 3.8) is 0 Å². The third kappa shape index (κ3) is 5.32. The summed E-state index contributed by atoms with van der Waals surface area (Å²) in [5.41, 5.74) is 0.951. The van der Waals surface area contributed by atoms with Gasteiger partial charge in [0.15, 0.2) is 11.5 Å². The molecular formula is C27H27FN2O4S. The highest BCUT2D eigenvalue weighted by molar-refractivity contribution is 7.10. The molecular weight excluding hydrogens is 467 g/mol. The first-order chi connectivity index (χ1) is 17.1. The summed E-state index contributed by atoms with van der Waals surface area (Å²) >= 11 is 1.48. The van der Waals surface area contributed by atoms with Crippen LogP contribution in [0, 0.1) is 5.82 Å². The number of amides is 2. The zero-order valence-corrected chi connectivity index (χ0v) is 20.1. The maximum atomic E-state index is 15.1. The molecule has 0 radical (unpaired) electrons. The SMILES string of the molecule is O=C(NC1CCCC1)[C@H](c1ccccc1F)N(Cc1ccc2c(c1)OCO2)C(=O)Cc1cccs1. The number of thiophene rings is 1. The molecule has 1 atom stereocenters. The van der Waals surface area contributed by atoms with Crippen LogP contribution in [0.1, 0.15) is 47.7 Å². The van der Waals surface area contributed by atoms with Crippen LogP contribution in [0.4, 0.5) is 4.39 Å². The van der Waals surface area contributed by atoms with Gasteiger partial charge in [-0.15, -0.1) is 11.3 Å². The Morgan fingerprint density at radius 1 is 1.06 bits per heavy atom. The Labute approximate surface area is 207 Å². The highest BCUT2D eigenvalue weighted by Gasteiger charge is 2.35. The predicted molar refractivity (Wildman–Crippen MR) is 131 cm³/mol. The predicted octanol–water partition coefficient (Wildman–Crippen LogP) is 4.99. The quantitative estimate of drug-likeness (QED) is 0.479. The molecule has 1 aliphatic heterocycles. The van der Waals surface area contributed by atoms with Gasteiger partial charge in [-0.05, 0) is 48.1 Å². The van der Waals surface area contributed by atoms with Gasteiger partial charge in [0.1, 0.15) is 11.9 Å². The normalized spacial score (nSPS) is 15.7. The molecule has 2 heterocycles. The summed E-state index contributed by atoms with van der Waals surface area (Å²) in [4.78, 5) is 29.7. The Balaban J connectivity index is 1.51. The molecule has 3 aromatic rings. The Bertz CT molecular complexity index is 1190. The third-order valence-electron chi connectivity index (χ3n) is 6.48. The Kier molecular flexibility index (Phi) is 6.99. The number of nitrogens with zero attached hydrogens (tertiary/aromatic N) is 1. The average Bonchev–Trinajstić information content (AvgIpc) is 3.63. The highest BCUT2D eigenvalue weighted by Crippen LogP contribution is 2.34. The summed E-state index contributed by atoms with van der Waals surface area (Å²) in [6.07, 6.45) is 4.01. The van der Waals surface area contributed by atoms with E-state index in [1.165, 1.54) is 22.3 Å². The number of rotatable bonds is 8. The summed E-state index contributed by atoms with van der Waals surface area (Å²) in [6, 6.07) is 14.3. The van der Waals surface area contributed by atoms with Gasteiger partial charge in [0.25, 0.3) is 0 Å². The molecule has 5 rings (SSSR count). The molecule has 182 valence electrons. The van der Waals surface area contributed by atoms with Crippen LogP contribution in [0.5, 0.6) is 11.5 Å². The van der Waals surface area contributed by atoms with E-state index in [-0.39, 0.29) is 43.2 Å². The van der Waals surface area contributed by atoms with Crippen molar-refractivity contribution in [3.8, 4) is 11.5 Å². The highest BCUT2D eigenvalue weighted by atomic mass is 32.1. The number of hydrogen-bond acceptors (Lipinski definition) is 5. The van der Waals surface area contributed by atoms with E-state index in [0.717, 1.165) is 36.1 Å². The van der Waals surface area contributed by atoms with Crippen molar-refractivity contribution in [1.29, 1.82) is 0 Å². The maximum absolute atomic E-state index is 15.1. The first-order valence-electron chi connectivity index (χ1n) is 11.8. The number of carbonyl (C=O) groups is 2. The first kappa shape index (κ1) is 23.4. The van der Waals surface area contributed by atoms with Crippen LogP contribution in [0.25, 0.3) is 0 Å². The van der Waals surface area contributed by atoms with Gasteiger partial charge in [-0.1, -0.05) is 43.2 Å². The second kappa shape index (κ2) is 10.5. The van der Waals surface area contributed by atoms with Gasteiger partial charge in [-0.25, -0.2) is 4.39 Å². The molecule has 1 fully saturated rings. The standard InChI is InChI=1S/C27H27FN2O4S/c28-22-10-4-3-9-21(22)26(27(32)29-19-6-1-2-7-19)30(25(31)15-20-8-5-13-35-20)16-18-11-12-23-24(14-18)34-17-33-23/h3-5,8-14,19,26H,1-2,6-7,15-17H2,(H,29,32)/t26-/m0/s1. The van der Waals surface area contributed by atoms with Gasteiger partial charge in [0.05, 0.1) is 6.42 Å². The Morgan fingerprint density at radius 3 is 2.63 bits per heavy atom. The number of nitrogens with one attached hydrogen (secondary N) is 1. The van der Waals surface area contributed by atoms with Crippen molar-refractivity contribution >= 4 is 23.2 Å². The van der Waals surface area contributed by atoms with Gasteiger partial charge in [0.2, 0.25) is 18.6 Å². The van der Waals surface area contributed by atoms with E-state index in [4.69, 9.17) is 9.47 Å². The number of carbonyl (C=O) groups excluding carboxylic acids is 2. The van der Waals surface area contributed by atoms with E-state index < -0.39 is 11.9 Å². The zero-order valence-electron chi connectivity index (χ0n) is 19.2. The minimum atomic E-state index is -1.10. The van der Waals surface area contributed by atoms with E-state index in [1.807, 2.05) is 23.6 Å². The number of fused-ring (bicyclic) bond motifs is 1. The molecule has 1 aliphatic carbocycles. The van der Waals surface area contributed by atoms with Gasteiger partial charge < -0.3 is 19.7 Å². The van der Waals surface area contributed by atoms with E-state index in [2.05, 4.69) is 5.32 Å². The lowest BCUT2D eigenvalue weighted by Gasteiger charge is -2.32. The smallest absolute Gasteiger partial charge is 0.247 e. The minimum Gasteiger partial charge on any atom is -0.454 e. The van der Waals surface area contributed by atoms with E-state index in [9.17, 15) is 9.59 Å². The Morgan fingerprint density at radius 2 is 1.86 bits per heavy atom. The summed E-state index contributed by atoms with van der Waals surface area (Å²) in [7, 11) is 0. The molecule has 8 heteroatoms. The van der Waals surface area contributed by atoms with Crippen molar-refractivity contribution in [3.05, 3.63) is 81.8 Å². The van der Waals surface area contributed by atoms with Crippen molar-refractivity contribution < 1.29 is 23.5 Å². The molecule has 0 saturated heterocycles. The maximum Gasteiger partial charge on any atom is 0.247 e. The summed E-state index contributed by atoms with van der Waals surface area (Å²) < 4.78 is 26.0. The minimum absolute atomic E-state index is 0.0385. The third-order valence-corrected chi connectivity index (χ3v) is 7.35. The van der Waals surface area contributed by atoms with Gasteiger partial charge in [0, 0.05) is 23.0 Å². The van der Waals surface area contributed by atoms with Crippen LogP contribution < -0.4 is 14.8 Å². The van der Waals surface area contributed by atoms with Crippen molar-refractivity contribution in [2.45, 2.75) is 50.7 Å². The molecule has 1 N–H and O–H groups in total. The van der Waals surface area contributed by atoms with Crippen LogP contribution in [0.2, 0.25) is 0 Å². The lowest BCUT2D eigenvalue weighted by Crippen LogP contribution is -2.46. The summed E-state index contributed by atoms with van der Waals surface area (Å²) in [6.45, 7) is 0.263. The van der Waals surface area contributed by atoms with Gasteiger partial charge >= 0.3 is 0 Å². The number of hydrogen-bond donors (Lipinski definition) is 1.